The summed E-state index contributed by atoms with van der Waals surface area (Å²) in [5, 5.41) is 13.5. The molecule has 0 aromatic heterocycles. The van der Waals surface area contributed by atoms with Crippen LogP contribution in [-0.4, -0.2) is 17.0 Å². The number of hydrogen-bond acceptors (Lipinski definition) is 2. The lowest BCUT2D eigenvalue weighted by molar-refractivity contribution is -0.134. The Morgan fingerprint density at radius 2 is 1.56 bits per heavy atom. The first-order valence-corrected chi connectivity index (χ1v) is 1.76. The minimum absolute atomic E-state index is 0. The van der Waals surface area contributed by atoms with Gasteiger partial charge in [0, 0.05) is 6.92 Å². The van der Waals surface area contributed by atoms with Crippen molar-refractivity contribution in [3.05, 3.63) is 0 Å². The lowest BCUT2D eigenvalue weighted by Gasteiger charge is -1.69. The van der Waals surface area contributed by atoms with Gasteiger partial charge in [-0.15, -0.1) is 0 Å². The topological polar surface area (TPSA) is 113 Å². The average molecular weight is 153 g/mol. The fourth-order valence-electron chi connectivity index (χ4n) is 0. The molecule has 0 fully saturated rings. The molecule has 0 saturated heterocycles. The van der Waals surface area contributed by atoms with E-state index >= 15 is 0 Å². The van der Waals surface area contributed by atoms with Crippen LogP contribution in [0, 0.1) is 5.41 Å². The molecule has 0 aliphatic carbocycles. The Morgan fingerprint density at radius 1 is 1.56 bits per heavy atom. The third kappa shape index (κ3) is 278. The highest BCUT2D eigenvalue weighted by atomic mass is 31.0. The lowest BCUT2D eigenvalue weighted by atomic mass is 10.9. The number of carboxylic acid groups (broad SMARTS) is 1. The molecule has 56 valence electrons. The Hall–Kier alpha value is -0.830. The number of rotatable bonds is 0. The summed E-state index contributed by atoms with van der Waals surface area (Å²) in [7, 11) is 0. The number of guanidine groups is 1. The van der Waals surface area contributed by atoms with Crippen molar-refractivity contribution >= 4 is 21.8 Å². The van der Waals surface area contributed by atoms with Crippen LogP contribution in [-0.2, 0) is 4.79 Å². The van der Waals surface area contributed by atoms with Crippen molar-refractivity contribution in [1.29, 1.82) is 5.41 Å². The van der Waals surface area contributed by atoms with Gasteiger partial charge in [-0.25, -0.2) is 0 Å². The van der Waals surface area contributed by atoms with E-state index < -0.39 is 5.97 Å². The van der Waals surface area contributed by atoms with Gasteiger partial charge in [0.1, 0.15) is 0 Å². The SMILES string of the molecule is CC(=O)O.N=C(N)N.P. The van der Waals surface area contributed by atoms with Gasteiger partial charge in [-0.3, -0.25) is 10.2 Å². The van der Waals surface area contributed by atoms with Crippen LogP contribution in [0.1, 0.15) is 6.92 Å². The number of nitrogens with one attached hydrogen (secondary N) is 1. The minimum atomic E-state index is -0.833. The van der Waals surface area contributed by atoms with Crippen molar-refractivity contribution in [3.8, 4) is 0 Å². The molecule has 0 saturated carbocycles. The zero-order chi connectivity index (χ0) is 7.15. The first-order chi connectivity index (χ1) is 3.46. The van der Waals surface area contributed by atoms with Crippen molar-refractivity contribution in [2.45, 2.75) is 6.92 Å². The molecule has 0 aromatic carbocycles. The second-order valence-electron chi connectivity index (χ2n) is 0.974. The fraction of sp³-hybridized carbons (Fsp3) is 0.333. The second kappa shape index (κ2) is 10.2. The predicted octanol–water partition coefficient (Wildman–Crippen LogP) is -1.01. The van der Waals surface area contributed by atoms with Crippen molar-refractivity contribution in [2.24, 2.45) is 11.5 Å². The summed E-state index contributed by atoms with van der Waals surface area (Å²) >= 11 is 0. The molecule has 0 aliphatic rings. The first-order valence-electron chi connectivity index (χ1n) is 1.76. The van der Waals surface area contributed by atoms with Crippen LogP contribution < -0.4 is 11.5 Å². The number of carbonyl (C=O) groups is 1. The van der Waals surface area contributed by atoms with E-state index in [2.05, 4.69) is 11.5 Å². The Labute approximate surface area is 56.5 Å². The molecule has 0 aromatic rings. The maximum atomic E-state index is 9.00. The van der Waals surface area contributed by atoms with E-state index in [9.17, 15) is 0 Å². The molecule has 6 N–H and O–H groups in total. The normalized spacial score (nSPS) is 5.44. The summed E-state index contributed by atoms with van der Waals surface area (Å²) in [4.78, 5) is 9.00. The molecule has 0 amide bonds. The Morgan fingerprint density at radius 3 is 1.56 bits per heavy atom. The largest absolute Gasteiger partial charge is 0.481 e. The van der Waals surface area contributed by atoms with Gasteiger partial charge in [0.05, 0.1) is 0 Å². The van der Waals surface area contributed by atoms with Gasteiger partial charge >= 0.3 is 0 Å². The van der Waals surface area contributed by atoms with Gasteiger partial charge < -0.3 is 16.6 Å². The molecular weight excluding hydrogens is 141 g/mol. The van der Waals surface area contributed by atoms with Gasteiger partial charge in [-0.05, 0) is 0 Å². The maximum absolute atomic E-state index is 9.00. The monoisotopic (exact) mass is 153 g/mol. The fourth-order valence-corrected chi connectivity index (χ4v) is 0. The van der Waals surface area contributed by atoms with E-state index in [1.807, 2.05) is 0 Å². The van der Waals surface area contributed by atoms with Crippen LogP contribution in [0.2, 0.25) is 0 Å². The highest BCUT2D eigenvalue weighted by Gasteiger charge is 1.65. The van der Waals surface area contributed by atoms with Gasteiger partial charge in [-0.1, -0.05) is 0 Å². The summed E-state index contributed by atoms with van der Waals surface area (Å²) in [5.74, 6) is -1.17. The third-order valence-corrected chi connectivity index (χ3v) is 0. The molecule has 6 heteroatoms. The minimum Gasteiger partial charge on any atom is -0.481 e. The van der Waals surface area contributed by atoms with Crippen molar-refractivity contribution in [2.75, 3.05) is 0 Å². The number of nitrogens with two attached hydrogens (primary N) is 2. The molecule has 0 rings (SSSR count). The standard InChI is InChI=1S/C2H4O2.CH5N3.H3P/c1-2(3)4;2-1(3)4;/h1H3,(H,3,4);(H5,2,3,4);1H3. The van der Waals surface area contributed by atoms with Crippen LogP contribution in [0.15, 0.2) is 0 Å². The average Bonchev–Trinajstić information content (AvgIpc) is 1.25. The maximum Gasteiger partial charge on any atom is 0.300 e. The smallest absolute Gasteiger partial charge is 0.300 e. The third-order valence-electron chi connectivity index (χ3n) is 0. The van der Waals surface area contributed by atoms with Gasteiger partial charge in [0.15, 0.2) is 5.96 Å². The molecule has 5 nitrogen and oxygen atoms in total. The lowest BCUT2D eigenvalue weighted by Crippen LogP contribution is -2.20. The van der Waals surface area contributed by atoms with Gasteiger partial charge in [0.2, 0.25) is 0 Å². The molecule has 0 heterocycles. The van der Waals surface area contributed by atoms with E-state index in [-0.39, 0.29) is 15.9 Å². The molecule has 0 spiro atoms. The van der Waals surface area contributed by atoms with E-state index in [0.717, 1.165) is 6.92 Å². The van der Waals surface area contributed by atoms with Gasteiger partial charge in [-0.2, -0.15) is 9.90 Å². The van der Waals surface area contributed by atoms with E-state index in [0.29, 0.717) is 0 Å². The molecule has 0 radical (unpaired) electrons. The zero-order valence-electron chi connectivity index (χ0n) is 5.22. The van der Waals surface area contributed by atoms with Crippen LogP contribution in [0.25, 0.3) is 0 Å². The number of carboxylic acids is 1. The summed E-state index contributed by atoms with van der Waals surface area (Å²) in [6, 6.07) is 0. The highest BCUT2D eigenvalue weighted by molar-refractivity contribution is 6.92. The van der Waals surface area contributed by atoms with Gasteiger partial charge in [0.25, 0.3) is 5.97 Å². The Kier molecular flexibility index (Phi) is 17.8. The van der Waals surface area contributed by atoms with E-state index in [1.54, 1.807) is 0 Å². The van der Waals surface area contributed by atoms with Crippen LogP contribution in [0.5, 0.6) is 0 Å². The zero-order valence-corrected chi connectivity index (χ0v) is 6.63. The first kappa shape index (κ1) is 15.7. The number of aliphatic carboxylic acids is 1. The van der Waals surface area contributed by atoms with Crippen molar-refractivity contribution < 1.29 is 9.90 Å². The molecule has 0 aliphatic heterocycles. The Bertz CT molecular complexity index is 75.1. The summed E-state index contributed by atoms with van der Waals surface area (Å²) in [6.45, 7) is 1.08. The summed E-state index contributed by atoms with van der Waals surface area (Å²) < 4.78 is 0. The quantitative estimate of drug-likeness (QED) is 0.203. The van der Waals surface area contributed by atoms with E-state index in [4.69, 9.17) is 15.3 Å². The molecule has 1 unspecified atom stereocenters. The van der Waals surface area contributed by atoms with Crippen LogP contribution in [0.4, 0.5) is 0 Å². The molecular formula is C3H12N3O2P. The summed E-state index contributed by atoms with van der Waals surface area (Å²) in [6.07, 6.45) is 0. The van der Waals surface area contributed by atoms with E-state index in [1.165, 1.54) is 0 Å². The second-order valence-corrected chi connectivity index (χ2v) is 0.974. The molecule has 9 heavy (non-hydrogen) atoms. The van der Waals surface area contributed by atoms with Crippen molar-refractivity contribution in [3.63, 3.8) is 0 Å². The van der Waals surface area contributed by atoms with Crippen LogP contribution in [0.3, 0.4) is 0 Å². The molecule has 1 atom stereocenters. The van der Waals surface area contributed by atoms with Crippen molar-refractivity contribution in [1.82, 2.24) is 0 Å². The number of hydrogen-bond donors (Lipinski definition) is 4. The molecule has 0 bridgehead atoms. The van der Waals surface area contributed by atoms with Crippen LogP contribution >= 0.6 is 9.90 Å². The predicted molar refractivity (Wildman–Crippen MR) is 40.5 cm³/mol. The Balaban J connectivity index is -0.0000000720. The summed E-state index contributed by atoms with van der Waals surface area (Å²) in [5.41, 5.74) is 8.94. The highest BCUT2D eigenvalue weighted by Crippen LogP contribution is 1.42.